The summed E-state index contributed by atoms with van der Waals surface area (Å²) in [6, 6.07) is 12.1. The van der Waals surface area contributed by atoms with Crippen LogP contribution in [0.1, 0.15) is 12.1 Å². The molecule has 0 saturated carbocycles. The normalized spacial score (nSPS) is 23.4. The van der Waals surface area contributed by atoms with Gasteiger partial charge in [0.25, 0.3) is 0 Å². The average molecular weight is 417 g/mol. The third kappa shape index (κ3) is 3.85. The number of amides is 1. The molecule has 3 heterocycles. The fourth-order valence-corrected chi connectivity index (χ4v) is 5.46. The van der Waals surface area contributed by atoms with Gasteiger partial charge in [-0.05, 0) is 24.3 Å². The van der Waals surface area contributed by atoms with E-state index in [0.29, 0.717) is 31.0 Å². The van der Waals surface area contributed by atoms with Crippen LogP contribution >= 0.6 is 0 Å². The highest BCUT2D eigenvalue weighted by Gasteiger charge is 2.48. The minimum atomic E-state index is -3.79. The summed E-state index contributed by atoms with van der Waals surface area (Å²) >= 11 is 0. The summed E-state index contributed by atoms with van der Waals surface area (Å²) in [7, 11) is -2.31. The topological polar surface area (TPSA) is 89.0 Å². The standard InChI is InChI=1S/C20H23N3O5S/c1-27-13-19(24)22-11-9-20(14-22)15-23(12-16-6-4-5-10-21-16)29(25,26)18-8-3-2-7-17(18)28-20/h2-8,10H,9,11-15H2,1H3/t20-/m1/s1. The molecule has 2 aromatic rings. The van der Waals surface area contributed by atoms with Gasteiger partial charge in [-0.15, -0.1) is 0 Å². The van der Waals surface area contributed by atoms with Gasteiger partial charge >= 0.3 is 0 Å². The van der Waals surface area contributed by atoms with Crippen LogP contribution in [0.2, 0.25) is 0 Å². The van der Waals surface area contributed by atoms with Crippen LogP contribution in [0.4, 0.5) is 0 Å². The average Bonchev–Trinajstić information content (AvgIpc) is 3.09. The number of para-hydroxylation sites is 1. The number of nitrogens with zero attached hydrogens (tertiary/aromatic N) is 3. The van der Waals surface area contributed by atoms with Crippen molar-refractivity contribution in [2.75, 3.05) is 33.4 Å². The lowest BCUT2D eigenvalue weighted by atomic mass is 10.0. The lowest BCUT2D eigenvalue weighted by Gasteiger charge is -2.31. The Kier molecular flexibility index (Phi) is 5.28. The van der Waals surface area contributed by atoms with Crippen LogP contribution in [0, 0.1) is 0 Å². The molecular weight excluding hydrogens is 394 g/mol. The number of benzene rings is 1. The number of hydrogen-bond acceptors (Lipinski definition) is 6. The van der Waals surface area contributed by atoms with Gasteiger partial charge in [-0.3, -0.25) is 9.78 Å². The number of fused-ring (bicyclic) bond motifs is 1. The number of methoxy groups -OCH3 is 1. The summed E-state index contributed by atoms with van der Waals surface area (Å²) in [5.74, 6) is 0.182. The number of likely N-dealkylation sites (tertiary alicyclic amines) is 1. The highest BCUT2D eigenvalue weighted by Crippen LogP contribution is 2.38. The van der Waals surface area contributed by atoms with E-state index in [2.05, 4.69) is 4.98 Å². The molecule has 4 rings (SSSR count). The van der Waals surface area contributed by atoms with Crippen molar-refractivity contribution in [2.24, 2.45) is 0 Å². The first-order valence-electron chi connectivity index (χ1n) is 9.38. The van der Waals surface area contributed by atoms with Gasteiger partial charge in [-0.1, -0.05) is 18.2 Å². The molecule has 1 saturated heterocycles. The van der Waals surface area contributed by atoms with Crippen molar-refractivity contribution in [1.29, 1.82) is 0 Å². The maximum Gasteiger partial charge on any atom is 0.248 e. The van der Waals surface area contributed by atoms with E-state index >= 15 is 0 Å². The summed E-state index contributed by atoms with van der Waals surface area (Å²) in [5.41, 5.74) is -0.173. The summed E-state index contributed by atoms with van der Waals surface area (Å²) in [6.45, 7) is 1.05. The zero-order valence-electron chi connectivity index (χ0n) is 16.2. The Morgan fingerprint density at radius 3 is 2.76 bits per heavy atom. The maximum atomic E-state index is 13.4. The number of rotatable bonds is 4. The molecule has 2 aliphatic rings. The number of hydrogen-bond donors (Lipinski definition) is 0. The zero-order valence-corrected chi connectivity index (χ0v) is 17.0. The van der Waals surface area contributed by atoms with Crippen LogP contribution in [0.3, 0.4) is 0 Å². The second-order valence-corrected chi connectivity index (χ2v) is 9.23. The molecule has 1 aromatic heterocycles. The van der Waals surface area contributed by atoms with E-state index in [9.17, 15) is 13.2 Å². The second kappa shape index (κ2) is 7.74. The van der Waals surface area contributed by atoms with Crippen molar-refractivity contribution >= 4 is 15.9 Å². The predicted molar refractivity (Wildman–Crippen MR) is 105 cm³/mol. The number of aromatic nitrogens is 1. The molecule has 1 fully saturated rings. The van der Waals surface area contributed by atoms with Crippen molar-refractivity contribution < 1.29 is 22.7 Å². The van der Waals surface area contributed by atoms with Crippen LogP contribution in [-0.4, -0.2) is 67.5 Å². The maximum absolute atomic E-state index is 13.4. The lowest BCUT2D eigenvalue weighted by molar-refractivity contribution is -0.134. The van der Waals surface area contributed by atoms with E-state index in [1.807, 2.05) is 6.07 Å². The molecule has 0 unspecified atom stereocenters. The quantitative estimate of drug-likeness (QED) is 0.745. The number of sulfonamides is 1. The first kappa shape index (κ1) is 19.8. The van der Waals surface area contributed by atoms with Crippen LogP contribution in [0.5, 0.6) is 5.75 Å². The van der Waals surface area contributed by atoms with Crippen LogP contribution < -0.4 is 4.74 Å². The molecule has 0 radical (unpaired) electrons. The van der Waals surface area contributed by atoms with Crippen molar-refractivity contribution in [3.05, 3.63) is 54.4 Å². The molecule has 29 heavy (non-hydrogen) atoms. The van der Waals surface area contributed by atoms with Gasteiger partial charge in [-0.2, -0.15) is 4.31 Å². The molecule has 154 valence electrons. The summed E-state index contributed by atoms with van der Waals surface area (Å²) in [5, 5.41) is 0. The van der Waals surface area contributed by atoms with E-state index < -0.39 is 15.6 Å². The van der Waals surface area contributed by atoms with Crippen LogP contribution in [-0.2, 0) is 26.1 Å². The van der Waals surface area contributed by atoms with Crippen LogP contribution in [0.15, 0.2) is 53.6 Å². The van der Waals surface area contributed by atoms with Gasteiger partial charge in [0.15, 0.2) is 0 Å². The Hall–Kier alpha value is -2.49. The molecule has 1 amide bonds. The molecular formula is C20H23N3O5S. The Morgan fingerprint density at radius 1 is 1.21 bits per heavy atom. The van der Waals surface area contributed by atoms with Gasteiger partial charge in [0.2, 0.25) is 15.9 Å². The molecule has 0 N–H and O–H groups in total. The minimum Gasteiger partial charge on any atom is -0.483 e. The summed E-state index contributed by atoms with van der Waals surface area (Å²) < 4.78 is 39.5. The smallest absolute Gasteiger partial charge is 0.248 e. The third-order valence-electron chi connectivity index (χ3n) is 5.26. The van der Waals surface area contributed by atoms with E-state index in [0.717, 1.165) is 0 Å². The lowest BCUT2D eigenvalue weighted by Crippen LogP contribution is -2.49. The van der Waals surface area contributed by atoms with E-state index in [-0.39, 0.29) is 30.5 Å². The molecule has 0 bridgehead atoms. The highest BCUT2D eigenvalue weighted by atomic mass is 32.2. The van der Waals surface area contributed by atoms with Gasteiger partial charge in [0.1, 0.15) is 22.9 Å². The molecule has 1 atom stereocenters. The Balaban J connectivity index is 1.71. The minimum absolute atomic E-state index is 0.0113. The molecule has 1 spiro atoms. The third-order valence-corrected chi connectivity index (χ3v) is 7.09. The van der Waals surface area contributed by atoms with Crippen molar-refractivity contribution in [2.45, 2.75) is 23.5 Å². The number of carbonyl (C=O) groups is 1. The van der Waals surface area contributed by atoms with E-state index in [4.69, 9.17) is 9.47 Å². The fraction of sp³-hybridized carbons (Fsp3) is 0.400. The number of carbonyl (C=O) groups excluding carboxylic acids is 1. The highest BCUT2D eigenvalue weighted by molar-refractivity contribution is 7.89. The molecule has 0 aliphatic carbocycles. The summed E-state index contributed by atoms with van der Waals surface area (Å²) in [6.07, 6.45) is 2.17. The summed E-state index contributed by atoms with van der Waals surface area (Å²) in [4.78, 5) is 18.4. The number of pyridine rings is 1. The second-order valence-electron chi connectivity index (χ2n) is 7.32. The van der Waals surface area contributed by atoms with Crippen LogP contribution in [0.25, 0.3) is 0 Å². The predicted octanol–water partition coefficient (Wildman–Crippen LogP) is 1.28. The number of ether oxygens (including phenoxy) is 2. The first-order valence-corrected chi connectivity index (χ1v) is 10.8. The first-order chi connectivity index (χ1) is 13.9. The monoisotopic (exact) mass is 417 g/mol. The van der Waals surface area contributed by atoms with Crippen molar-refractivity contribution in [3.8, 4) is 5.75 Å². The molecule has 2 aliphatic heterocycles. The largest absolute Gasteiger partial charge is 0.483 e. The van der Waals surface area contributed by atoms with E-state index in [1.165, 1.54) is 11.4 Å². The molecule has 9 heteroatoms. The van der Waals surface area contributed by atoms with Gasteiger partial charge in [0.05, 0.1) is 25.3 Å². The Morgan fingerprint density at radius 2 is 2.00 bits per heavy atom. The fourth-order valence-electron chi connectivity index (χ4n) is 3.86. The Labute approximate surface area is 170 Å². The zero-order chi connectivity index (χ0) is 20.5. The SMILES string of the molecule is COCC(=O)N1CC[C@@]2(C1)CN(Cc1ccccn1)S(=O)(=O)c1ccccc1O2. The van der Waals surface area contributed by atoms with Gasteiger partial charge < -0.3 is 14.4 Å². The van der Waals surface area contributed by atoms with E-state index in [1.54, 1.807) is 47.5 Å². The van der Waals surface area contributed by atoms with Crippen molar-refractivity contribution in [3.63, 3.8) is 0 Å². The Bertz CT molecular complexity index is 998. The molecule has 8 nitrogen and oxygen atoms in total. The van der Waals surface area contributed by atoms with Crippen molar-refractivity contribution in [1.82, 2.24) is 14.2 Å². The van der Waals surface area contributed by atoms with Gasteiger partial charge in [-0.25, -0.2) is 8.42 Å². The van der Waals surface area contributed by atoms with Gasteiger partial charge in [0, 0.05) is 26.3 Å². The molecule has 1 aromatic carbocycles.